The topological polar surface area (TPSA) is 72.3 Å². The fourth-order valence-corrected chi connectivity index (χ4v) is 3.03. The van der Waals surface area contributed by atoms with Crippen LogP contribution in [0.2, 0.25) is 0 Å². The molecule has 1 saturated heterocycles. The van der Waals surface area contributed by atoms with Crippen LogP contribution in [-0.4, -0.2) is 90.3 Å². The highest BCUT2D eigenvalue weighted by atomic mass is 16.5. The number of piperazine rings is 1. The molecule has 122 valence electrons. The van der Waals surface area contributed by atoms with E-state index < -0.39 is 6.23 Å². The van der Waals surface area contributed by atoms with E-state index in [0.717, 1.165) is 44.3 Å². The predicted molar refractivity (Wildman–Crippen MR) is 83.1 cm³/mol. The quantitative estimate of drug-likeness (QED) is 0.738. The number of fused-ring (bicyclic) bond motifs is 1. The van der Waals surface area contributed by atoms with Crippen molar-refractivity contribution in [2.24, 2.45) is 0 Å². The lowest BCUT2D eigenvalue weighted by atomic mass is 10.2. The van der Waals surface area contributed by atoms with Crippen LogP contribution in [0.1, 0.15) is 0 Å². The number of ether oxygens (including phenoxy) is 1. The summed E-state index contributed by atoms with van der Waals surface area (Å²) in [7, 11) is 0. The molecule has 0 aromatic carbocycles. The predicted octanol–water partition coefficient (Wildman–Crippen LogP) is -0.791. The summed E-state index contributed by atoms with van der Waals surface area (Å²) in [6.45, 7) is 6.46. The Kier molecular flexibility index (Phi) is 5.09. The molecule has 0 radical (unpaired) electrons. The van der Waals surface area contributed by atoms with Gasteiger partial charge in [0.05, 0.1) is 13.2 Å². The highest BCUT2D eigenvalue weighted by Gasteiger charge is 2.27. The Bertz CT molecular complexity index is 480. The first-order chi connectivity index (χ1) is 10.8. The van der Waals surface area contributed by atoms with Crippen LogP contribution in [0.5, 0.6) is 5.75 Å². The third kappa shape index (κ3) is 3.49. The summed E-state index contributed by atoms with van der Waals surface area (Å²) in [6, 6.07) is 3.73. The summed E-state index contributed by atoms with van der Waals surface area (Å²) in [6.07, 6.45) is 1.14. The minimum absolute atomic E-state index is 0.207. The SMILES string of the molecule is OCCN1CCN(CC(O)N2CCOc3cccnc32)CC1. The summed E-state index contributed by atoms with van der Waals surface area (Å²) in [5, 5.41) is 19.5. The van der Waals surface area contributed by atoms with Gasteiger partial charge in [-0.05, 0) is 12.1 Å². The molecule has 2 N–H and O–H groups in total. The Morgan fingerprint density at radius 2 is 1.95 bits per heavy atom. The molecule has 1 atom stereocenters. The van der Waals surface area contributed by atoms with Gasteiger partial charge in [0.15, 0.2) is 11.6 Å². The average Bonchev–Trinajstić information content (AvgIpc) is 2.56. The molecule has 3 heterocycles. The van der Waals surface area contributed by atoms with Crippen LogP contribution in [-0.2, 0) is 0 Å². The summed E-state index contributed by atoms with van der Waals surface area (Å²) < 4.78 is 5.58. The Labute approximate surface area is 130 Å². The molecular formula is C15H24N4O3. The molecule has 1 aromatic heterocycles. The van der Waals surface area contributed by atoms with Crippen molar-refractivity contribution < 1.29 is 14.9 Å². The van der Waals surface area contributed by atoms with Crippen molar-refractivity contribution >= 4 is 5.82 Å². The monoisotopic (exact) mass is 308 g/mol. The highest BCUT2D eigenvalue weighted by molar-refractivity contribution is 5.53. The van der Waals surface area contributed by atoms with Crippen molar-refractivity contribution in [2.45, 2.75) is 6.23 Å². The third-order valence-electron chi connectivity index (χ3n) is 4.28. The molecule has 2 aliphatic rings. The van der Waals surface area contributed by atoms with Crippen LogP contribution < -0.4 is 9.64 Å². The first kappa shape index (κ1) is 15.5. The second-order valence-electron chi connectivity index (χ2n) is 5.71. The number of nitrogens with zero attached hydrogens (tertiary/aromatic N) is 4. The van der Waals surface area contributed by atoms with Gasteiger partial charge >= 0.3 is 0 Å². The molecule has 0 saturated carbocycles. The van der Waals surface area contributed by atoms with E-state index in [1.165, 1.54) is 0 Å². The maximum absolute atomic E-state index is 10.6. The van der Waals surface area contributed by atoms with Crippen LogP contribution in [0.4, 0.5) is 5.82 Å². The number of anilines is 1. The summed E-state index contributed by atoms with van der Waals surface area (Å²) in [5.41, 5.74) is 0. The van der Waals surface area contributed by atoms with Gasteiger partial charge in [0.1, 0.15) is 12.8 Å². The van der Waals surface area contributed by atoms with Crippen molar-refractivity contribution in [1.29, 1.82) is 0 Å². The lowest BCUT2D eigenvalue weighted by molar-refractivity contribution is 0.0613. The number of β-amino-alcohol motifs (C(OH)–C–C–N with tert-alkyl or cyclic N) is 2. The molecule has 1 fully saturated rings. The summed E-state index contributed by atoms with van der Waals surface area (Å²) >= 11 is 0. The molecule has 2 aliphatic heterocycles. The Morgan fingerprint density at radius 1 is 1.18 bits per heavy atom. The lowest BCUT2D eigenvalue weighted by Gasteiger charge is -2.39. The first-order valence-electron chi connectivity index (χ1n) is 7.86. The molecular weight excluding hydrogens is 284 g/mol. The molecule has 1 aromatic rings. The minimum atomic E-state index is -0.582. The molecule has 7 heteroatoms. The Hall–Kier alpha value is -1.41. The number of hydrogen-bond donors (Lipinski definition) is 2. The van der Waals surface area contributed by atoms with Crippen LogP contribution in [0.25, 0.3) is 0 Å². The van der Waals surface area contributed by atoms with Gasteiger partial charge in [-0.25, -0.2) is 4.98 Å². The van der Waals surface area contributed by atoms with Crippen molar-refractivity contribution in [2.75, 3.05) is 63.9 Å². The number of hydrogen-bond acceptors (Lipinski definition) is 7. The summed E-state index contributed by atoms with van der Waals surface area (Å²) in [4.78, 5) is 10.8. The van der Waals surface area contributed by atoms with E-state index in [1.807, 2.05) is 17.0 Å². The van der Waals surface area contributed by atoms with E-state index in [9.17, 15) is 5.11 Å². The Morgan fingerprint density at radius 3 is 2.73 bits per heavy atom. The highest BCUT2D eigenvalue weighted by Crippen LogP contribution is 2.29. The second-order valence-corrected chi connectivity index (χ2v) is 5.71. The van der Waals surface area contributed by atoms with Crippen LogP contribution >= 0.6 is 0 Å². The first-order valence-corrected chi connectivity index (χ1v) is 7.86. The smallest absolute Gasteiger partial charge is 0.173 e. The van der Waals surface area contributed by atoms with Crippen LogP contribution in [0.15, 0.2) is 18.3 Å². The van der Waals surface area contributed by atoms with Gasteiger partial charge in [0, 0.05) is 45.5 Å². The molecule has 3 rings (SSSR count). The van der Waals surface area contributed by atoms with Crippen LogP contribution in [0.3, 0.4) is 0 Å². The third-order valence-corrected chi connectivity index (χ3v) is 4.28. The van der Waals surface area contributed by atoms with Crippen molar-refractivity contribution in [3.8, 4) is 5.75 Å². The van der Waals surface area contributed by atoms with Crippen molar-refractivity contribution in [1.82, 2.24) is 14.8 Å². The zero-order valence-electron chi connectivity index (χ0n) is 12.8. The number of pyridine rings is 1. The fraction of sp³-hybridized carbons (Fsp3) is 0.667. The zero-order chi connectivity index (χ0) is 15.4. The fourth-order valence-electron chi connectivity index (χ4n) is 3.03. The van der Waals surface area contributed by atoms with Gasteiger partial charge in [-0.15, -0.1) is 0 Å². The van der Waals surface area contributed by atoms with Gasteiger partial charge < -0.3 is 19.8 Å². The molecule has 0 spiro atoms. The van der Waals surface area contributed by atoms with Gasteiger partial charge in [-0.1, -0.05) is 0 Å². The van der Waals surface area contributed by atoms with Gasteiger partial charge in [-0.3, -0.25) is 9.80 Å². The molecule has 7 nitrogen and oxygen atoms in total. The molecule has 0 amide bonds. The van der Waals surface area contributed by atoms with E-state index in [0.29, 0.717) is 19.7 Å². The Balaban J connectivity index is 1.56. The zero-order valence-corrected chi connectivity index (χ0v) is 12.8. The van der Waals surface area contributed by atoms with E-state index in [1.54, 1.807) is 6.20 Å². The molecule has 0 bridgehead atoms. The van der Waals surface area contributed by atoms with Gasteiger partial charge in [0.2, 0.25) is 0 Å². The minimum Gasteiger partial charge on any atom is -0.488 e. The lowest BCUT2D eigenvalue weighted by Crippen LogP contribution is -2.53. The number of aliphatic hydroxyl groups is 2. The average molecular weight is 308 g/mol. The van der Waals surface area contributed by atoms with E-state index in [-0.39, 0.29) is 6.61 Å². The number of rotatable bonds is 5. The summed E-state index contributed by atoms with van der Waals surface area (Å²) in [5.74, 6) is 1.46. The van der Waals surface area contributed by atoms with Crippen molar-refractivity contribution in [3.63, 3.8) is 0 Å². The molecule has 22 heavy (non-hydrogen) atoms. The van der Waals surface area contributed by atoms with Gasteiger partial charge in [-0.2, -0.15) is 0 Å². The number of aromatic nitrogens is 1. The molecule has 0 aliphatic carbocycles. The standard InChI is InChI=1S/C15H24N4O3/c20-10-8-17-4-6-18(7-5-17)12-14(21)19-9-11-22-13-2-1-3-16-15(13)19/h1-3,14,20-21H,4-12H2. The second kappa shape index (κ2) is 7.23. The van der Waals surface area contributed by atoms with Gasteiger partial charge in [0.25, 0.3) is 0 Å². The van der Waals surface area contributed by atoms with Crippen LogP contribution in [0, 0.1) is 0 Å². The van der Waals surface area contributed by atoms with Crippen molar-refractivity contribution in [3.05, 3.63) is 18.3 Å². The largest absolute Gasteiger partial charge is 0.488 e. The van der Waals surface area contributed by atoms with E-state index in [2.05, 4.69) is 14.8 Å². The maximum atomic E-state index is 10.6. The maximum Gasteiger partial charge on any atom is 0.173 e. The van der Waals surface area contributed by atoms with E-state index in [4.69, 9.17) is 9.84 Å². The normalized spacial score (nSPS) is 21.3. The van der Waals surface area contributed by atoms with E-state index >= 15 is 0 Å². The molecule has 1 unspecified atom stereocenters. The number of aliphatic hydroxyl groups excluding tert-OH is 2.